The molecule has 10 nitrogen and oxygen atoms in total. The zero-order valence-electron chi connectivity index (χ0n) is 24.1. The molecule has 0 spiro atoms. The van der Waals surface area contributed by atoms with E-state index in [-0.39, 0.29) is 57.5 Å². The molecule has 2 fully saturated rings. The summed E-state index contributed by atoms with van der Waals surface area (Å²) in [7, 11) is 1.29. The van der Waals surface area contributed by atoms with Crippen molar-refractivity contribution < 1.29 is 31.9 Å². The summed E-state index contributed by atoms with van der Waals surface area (Å²) in [4.78, 5) is 40.5. The van der Waals surface area contributed by atoms with Gasteiger partial charge in [0.1, 0.15) is 40.2 Å². The van der Waals surface area contributed by atoms with E-state index < -0.39 is 23.5 Å². The maximum absolute atomic E-state index is 15.9. The van der Waals surface area contributed by atoms with E-state index in [2.05, 4.69) is 29.1 Å². The van der Waals surface area contributed by atoms with Gasteiger partial charge in [0.15, 0.2) is 0 Å². The number of hydrogen-bond acceptors (Lipinski definition) is 7. The lowest BCUT2D eigenvalue weighted by molar-refractivity contribution is -0.137. The number of carbonyl (C=O) groups excluding carboxylic acids is 2. The first-order valence-electron chi connectivity index (χ1n) is 13.9. The Morgan fingerprint density at radius 2 is 1.93 bits per heavy atom. The molecule has 2 saturated heterocycles. The van der Waals surface area contributed by atoms with E-state index in [1.165, 1.54) is 19.4 Å². The highest BCUT2D eigenvalue weighted by molar-refractivity contribution is 6.05. The van der Waals surface area contributed by atoms with Gasteiger partial charge >= 0.3 is 6.18 Å². The number of nitrogens with two attached hydrogens (primary N) is 1. The van der Waals surface area contributed by atoms with Crippen LogP contribution in [0.25, 0.3) is 16.8 Å². The van der Waals surface area contributed by atoms with Crippen molar-refractivity contribution in [2.24, 2.45) is 5.41 Å². The van der Waals surface area contributed by atoms with Crippen LogP contribution in [0.2, 0.25) is 0 Å². The summed E-state index contributed by atoms with van der Waals surface area (Å²) in [5, 5.41) is 2.27. The lowest BCUT2D eigenvalue weighted by atomic mass is 9.79. The van der Waals surface area contributed by atoms with Crippen LogP contribution < -0.4 is 15.8 Å². The quantitative estimate of drug-likeness (QED) is 0.293. The number of anilines is 2. The number of nitrogen functional groups attached to an aromatic ring is 1. The average molecular weight is 612 g/mol. The van der Waals surface area contributed by atoms with Crippen LogP contribution in [0, 0.1) is 11.2 Å². The molecule has 0 radical (unpaired) electrons. The number of rotatable bonds is 5. The number of amides is 2. The monoisotopic (exact) mass is 611 g/mol. The second kappa shape index (κ2) is 10.5. The predicted octanol–water partition coefficient (Wildman–Crippen LogP) is 5.30. The molecule has 2 aliphatic heterocycles. The van der Waals surface area contributed by atoms with Gasteiger partial charge in [-0.2, -0.15) is 13.2 Å². The molecule has 0 saturated carbocycles. The minimum absolute atomic E-state index is 0.0536. The van der Waals surface area contributed by atoms with Gasteiger partial charge in [0, 0.05) is 49.1 Å². The summed E-state index contributed by atoms with van der Waals surface area (Å²) < 4.78 is 62.5. The van der Waals surface area contributed by atoms with Crippen molar-refractivity contribution in [2.75, 3.05) is 24.7 Å². The zero-order valence-corrected chi connectivity index (χ0v) is 24.1. The van der Waals surface area contributed by atoms with Crippen molar-refractivity contribution in [3.05, 3.63) is 65.6 Å². The number of carbonyl (C=O) groups is 2. The van der Waals surface area contributed by atoms with Gasteiger partial charge in [-0.05, 0) is 42.5 Å². The second-order valence-corrected chi connectivity index (χ2v) is 11.8. The first-order chi connectivity index (χ1) is 20.8. The van der Waals surface area contributed by atoms with Crippen LogP contribution in [-0.4, -0.2) is 55.8 Å². The van der Waals surface area contributed by atoms with E-state index in [1.807, 2.05) is 4.90 Å². The number of benzene rings is 1. The molecule has 44 heavy (non-hydrogen) atoms. The fourth-order valence-corrected chi connectivity index (χ4v) is 6.40. The van der Waals surface area contributed by atoms with Gasteiger partial charge in [-0.25, -0.2) is 19.3 Å². The molecule has 6 rings (SSSR count). The molecule has 3 aromatic heterocycles. The van der Waals surface area contributed by atoms with Crippen LogP contribution in [-0.2, 0) is 11.0 Å². The van der Waals surface area contributed by atoms with Gasteiger partial charge in [0.25, 0.3) is 5.91 Å². The molecule has 2 aliphatic rings. The largest absolute Gasteiger partial charge is 0.496 e. The molecule has 0 unspecified atom stereocenters. The third-order valence-electron chi connectivity index (χ3n) is 8.49. The number of hydrogen-bond donors (Lipinski definition) is 2. The number of nitrogens with zero attached hydrogens (tertiary/aromatic N) is 5. The Morgan fingerprint density at radius 1 is 1.16 bits per heavy atom. The van der Waals surface area contributed by atoms with E-state index in [0.717, 1.165) is 31.2 Å². The normalized spacial score (nSPS) is 19.7. The molecule has 230 valence electrons. The van der Waals surface area contributed by atoms with Gasteiger partial charge in [-0.1, -0.05) is 13.8 Å². The lowest BCUT2D eigenvalue weighted by Gasteiger charge is -2.39. The van der Waals surface area contributed by atoms with Crippen LogP contribution >= 0.6 is 0 Å². The Hall–Kier alpha value is -4.75. The highest BCUT2D eigenvalue weighted by atomic mass is 19.4. The summed E-state index contributed by atoms with van der Waals surface area (Å²) in [6.45, 7) is 4.65. The van der Waals surface area contributed by atoms with Crippen molar-refractivity contribution in [1.29, 1.82) is 0 Å². The number of aromatic nitrogens is 4. The molecular weight excluding hydrogens is 582 g/mol. The van der Waals surface area contributed by atoms with Gasteiger partial charge in [0.05, 0.1) is 18.2 Å². The fraction of sp³-hybridized carbons (Fsp3) is 0.367. The number of piperidine rings is 1. The lowest BCUT2D eigenvalue weighted by Crippen LogP contribution is -2.44. The van der Waals surface area contributed by atoms with Crippen LogP contribution in [0.4, 0.5) is 29.2 Å². The Kier molecular flexibility index (Phi) is 6.97. The number of fused-ring (bicyclic) bond motifs is 2. The Balaban J connectivity index is 1.37. The second-order valence-electron chi connectivity index (χ2n) is 11.8. The molecule has 3 N–H and O–H groups in total. The van der Waals surface area contributed by atoms with Gasteiger partial charge < -0.3 is 20.7 Å². The van der Waals surface area contributed by atoms with E-state index in [1.54, 1.807) is 10.6 Å². The third kappa shape index (κ3) is 4.97. The summed E-state index contributed by atoms with van der Waals surface area (Å²) in [5.41, 5.74) is 5.34. The van der Waals surface area contributed by atoms with Crippen LogP contribution in [0.15, 0.2) is 42.9 Å². The zero-order chi connectivity index (χ0) is 31.6. The minimum Gasteiger partial charge on any atom is -0.496 e. The molecule has 1 aromatic carbocycles. The first kappa shape index (κ1) is 29.3. The SMILES string of the molecule is COc1cc(C(=O)Nc2cc(C(F)(F)F)ccn2)cc(F)c1-c1nc([C@@H]2CC[C@@H]3N(C2)C(=O)CC3(C)C)n2ccnc(N)c12. The maximum Gasteiger partial charge on any atom is 0.416 e. The fourth-order valence-electron chi connectivity index (χ4n) is 6.40. The summed E-state index contributed by atoms with van der Waals surface area (Å²) >= 11 is 0. The molecule has 0 aliphatic carbocycles. The van der Waals surface area contributed by atoms with E-state index >= 15 is 4.39 Å². The minimum atomic E-state index is -4.64. The number of nitrogens with one attached hydrogen (secondary N) is 1. The van der Waals surface area contributed by atoms with Crippen LogP contribution in [0.1, 0.15) is 60.8 Å². The molecule has 4 aromatic rings. The van der Waals surface area contributed by atoms with Gasteiger partial charge in [-0.3, -0.25) is 14.0 Å². The standard InChI is InChI=1S/C30H29F4N7O3/c1-29(2)13-22(42)41-14-15(4-5-20(29)41)27-39-24(25-26(35)37-8-9-40(25)27)23-18(31)10-16(11-19(23)44-3)28(43)38-21-12-17(6-7-36-21)30(32,33)34/h6-12,15,20H,4-5,13-14H2,1-3H3,(H2,35,37)(H,36,38,43)/t15-,20+/m1/s1. The Bertz CT molecular complexity index is 1800. The molecule has 14 heteroatoms. The smallest absolute Gasteiger partial charge is 0.416 e. The number of methoxy groups -OCH3 is 1. The van der Waals surface area contributed by atoms with Crippen molar-refractivity contribution >= 4 is 29.0 Å². The molecule has 0 bridgehead atoms. The number of imidazole rings is 1. The highest BCUT2D eigenvalue weighted by Crippen LogP contribution is 2.46. The molecule has 5 heterocycles. The predicted molar refractivity (Wildman–Crippen MR) is 152 cm³/mol. The van der Waals surface area contributed by atoms with Crippen LogP contribution in [0.3, 0.4) is 0 Å². The van der Waals surface area contributed by atoms with Crippen molar-refractivity contribution in [3.8, 4) is 17.0 Å². The number of halogens is 4. The molecule has 2 atom stereocenters. The van der Waals surface area contributed by atoms with E-state index in [4.69, 9.17) is 15.5 Å². The Labute approximate surface area is 249 Å². The number of ether oxygens (including phenoxy) is 1. The Morgan fingerprint density at radius 3 is 2.66 bits per heavy atom. The highest BCUT2D eigenvalue weighted by Gasteiger charge is 2.48. The van der Waals surface area contributed by atoms with Crippen molar-refractivity contribution in [1.82, 2.24) is 24.3 Å². The van der Waals surface area contributed by atoms with E-state index in [9.17, 15) is 22.8 Å². The maximum atomic E-state index is 15.9. The third-order valence-corrected chi connectivity index (χ3v) is 8.49. The van der Waals surface area contributed by atoms with Crippen molar-refractivity contribution in [3.63, 3.8) is 0 Å². The molecular formula is C30H29F4N7O3. The van der Waals surface area contributed by atoms with E-state index in [0.29, 0.717) is 30.4 Å². The topological polar surface area (TPSA) is 128 Å². The van der Waals surface area contributed by atoms with Crippen LogP contribution in [0.5, 0.6) is 5.75 Å². The van der Waals surface area contributed by atoms with Gasteiger partial charge in [-0.15, -0.1) is 0 Å². The van der Waals surface area contributed by atoms with Crippen molar-refractivity contribution in [2.45, 2.75) is 51.2 Å². The molecule has 2 amide bonds. The number of pyridine rings is 1. The summed E-state index contributed by atoms with van der Waals surface area (Å²) in [6.07, 6.45) is 1.47. The average Bonchev–Trinajstić information content (AvgIpc) is 3.46. The number of alkyl halides is 3. The van der Waals surface area contributed by atoms with Gasteiger partial charge in [0.2, 0.25) is 5.91 Å². The summed E-state index contributed by atoms with van der Waals surface area (Å²) in [5.74, 6) is -1.58. The first-order valence-corrected chi connectivity index (χ1v) is 13.9. The summed E-state index contributed by atoms with van der Waals surface area (Å²) in [6, 6.07) is 3.78.